The van der Waals surface area contributed by atoms with Gasteiger partial charge in [0.25, 0.3) is 0 Å². The van der Waals surface area contributed by atoms with Gasteiger partial charge in [0.15, 0.2) is 0 Å². The normalized spacial score (nSPS) is 9.85. The first-order valence-electron chi connectivity index (χ1n) is 3.89. The first-order chi connectivity index (χ1) is 6.40. The quantitative estimate of drug-likeness (QED) is 0.698. The van der Waals surface area contributed by atoms with Crippen molar-refractivity contribution in [2.75, 3.05) is 0 Å². The van der Waals surface area contributed by atoms with Gasteiger partial charge in [-0.05, 0) is 11.6 Å². The lowest BCUT2D eigenvalue weighted by Crippen LogP contribution is -1.80. The van der Waals surface area contributed by atoms with Crippen LogP contribution >= 0.6 is 0 Å². The van der Waals surface area contributed by atoms with Gasteiger partial charge in [0.2, 0.25) is 12.2 Å². The lowest BCUT2D eigenvalue weighted by molar-refractivity contribution is 0.419. The van der Waals surface area contributed by atoms with Gasteiger partial charge in [-0.15, -0.1) is 0 Å². The summed E-state index contributed by atoms with van der Waals surface area (Å²) in [5.74, 6) is 0.601. The van der Waals surface area contributed by atoms with E-state index in [0.29, 0.717) is 5.82 Å². The molecule has 1 heterocycles. The van der Waals surface area contributed by atoms with Gasteiger partial charge in [0, 0.05) is 5.56 Å². The van der Waals surface area contributed by atoms with Crippen LogP contribution in [-0.4, -0.2) is 10.1 Å². The molecule has 1 aromatic heterocycles. The summed E-state index contributed by atoms with van der Waals surface area (Å²) in [4.78, 5) is 3.95. The highest BCUT2D eigenvalue weighted by atomic mass is 16.5. The Morgan fingerprint density at radius 1 is 1.38 bits per heavy atom. The standard InChI is InChI=1S/C10H8N2O/c1-2-8-4-3-5-9(6-8)10-11-7-13-12-10/h2-7H,1H2. The number of benzene rings is 1. The molecule has 0 unspecified atom stereocenters. The first kappa shape index (κ1) is 7.73. The lowest BCUT2D eigenvalue weighted by atomic mass is 10.1. The van der Waals surface area contributed by atoms with Crippen molar-refractivity contribution < 1.29 is 4.52 Å². The van der Waals surface area contributed by atoms with Gasteiger partial charge in [-0.1, -0.05) is 36.0 Å². The molecule has 0 spiro atoms. The molecule has 1 aromatic carbocycles. The molecular weight excluding hydrogens is 164 g/mol. The Kier molecular flexibility index (Phi) is 1.92. The largest absolute Gasteiger partial charge is 0.342 e. The fourth-order valence-corrected chi connectivity index (χ4v) is 1.10. The number of nitrogens with zero attached hydrogens (tertiary/aromatic N) is 2. The Labute approximate surface area is 75.7 Å². The van der Waals surface area contributed by atoms with Crippen molar-refractivity contribution in [1.29, 1.82) is 0 Å². The van der Waals surface area contributed by atoms with E-state index in [2.05, 4.69) is 21.2 Å². The van der Waals surface area contributed by atoms with E-state index in [1.807, 2.05) is 24.3 Å². The predicted molar refractivity (Wildman–Crippen MR) is 49.8 cm³/mol. The highest BCUT2D eigenvalue weighted by molar-refractivity contribution is 5.60. The van der Waals surface area contributed by atoms with Crippen LogP contribution in [-0.2, 0) is 0 Å². The summed E-state index contributed by atoms with van der Waals surface area (Å²) < 4.78 is 4.66. The molecule has 0 aliphatic rings. The third-order valence-electron chi connectivity index (χ3n) is 1.74. The third-order valence-corrected chi connectivity index (χ3v) is 1.74. The molecule has 0 radical (unpaired) electrons. The van der Waals surface area contributed by atoms with Gasteiger partial charge < -0.3 is 4.52 Å². The summed E-state index contributed by atoms with van der Waals surface area (Å²) in [6.45, 7) is 3.69. The molecule has 0 saturated heterocycles. The van der Waals surface area contributed by atoms with Crippen LogP contribution in [0.5, 0.6) is 0 Å². The number of rotatable bonds is 2. The van der Waals surface area contributed by atoms with E-state index in [-0.39, 0.29) is 0 Å². The van der Waals surface area contributed by atoms with Crippen molar-refractivity contribution in [1.82, 2.24) is 10.1 Å². The number of hydrogen-bond donors (Lipinski definition) is 0. The molecule has 64 valence electrons. The maximum absolute atomic E-state index is 4.66. The minimum absolute atomic E-state index is 0.601. The van der Waals surface area contributed by atoms with Crippen molar-refractivity contribution in [3.05, 3.63) is 42.8 Å². The van der Waals surface area contributed by atoms with E-state index in [1.165, 1.54) is 6.39 Å². The monoisotopic (exact) mass is 172 g/mol. The van der Waals surface area contributed by atoms with E-state index in [1.54, 1.807) is 6.08 Å². The van der Waals surface area contributed by atoms with Crippen molar-refractivity contribution in [3.8, 4) is 11.4 Å². The van der Waals surface area contributed by atoms with E-state index >= 15 is 0 Å². The second-order valence-electron chi connectivity index (χ2n) is 2.58. The van der Waals surface area contributed by atoms with Crippen molar-refractivity contribution >= 4 is 6.08 Å². The molecule has 0 saturated carbocycles. The first-order valence-corrected chi connectivity index (χ1v) is 3.89. The van der Waals surface area contributed by atoms with Gasteiger partial charge >= 0.3 is 0 Å². The summed E-state index contributed by atoms with van der Waals surface area (Å²) in [5, 5.41) is 3.74. The van der Waals surface area contributed by atoms with Crippen molar-refractivity contribution in [2.24, 2.45) is 0 Å². The summed E-state index contributed by atoms with van der Waals surface area (Å²) >= 11 is 0. The van der Waals surface area contributed by atoms with E-state index in [9.17, 15) is 0 Å². The molecule has 13 heavy (non-hydrogen) atoms. The summed E-state index contributed by atoms with van der Waals surface area (Å²) in [6.07, 6.45) is 3.10. The maximum atomic E-state index is 4.66. The van der Waals surface area contributed by atoms with Gasteiger partial charge in [0.1, 0.15) is 0 Å². The second kappa shape index (κ2) is 3.23. The van der Waals surface area contributed by atoms with Crippen LogP contribution in [0.25, 0.3) is 17.5 Å². The predicted octanol–water partition coefficient (Wildman–Crippen LogP) is 2.38. The smallest absolute Gasteiger partial charge is 0.214 e. The molecule has 2 rings (SSSR count). The number of aromatic nitrogens is 2. The Morgan fingerprint density at radius 3 is 3.00 bits per heavy atom. The highest BCUT2D eigenvalue weighted by Gasteiger charge is 2.01. The molecule has 0 bridgehead atoms. The minimum atomic E-state index is 0.601. The molecule has 3 heteroatoms. The average Bonchev–Trinajstić information content (AvgIpc) is 2.71. The zero-order valence-corrected chi connectivity index (χ0v) is 6.97. The molecule has 3 nitrogen and oxygen atoms in total. The lowest BCUT2D eigenvalue weighted by Gasteiger charge is -1.95. The van der Waals surface area contributed by atoms with Crippen LogP contribution in [0.2, 0.25) is 0 Å². The van der Waals surface area contributed by atoms with Crippen LogP contribution in [0.4, 0.5) is 0 Å². The summed E-state index contributed by atoms with van der Waals surface area (Å²) in [6, 6.07) is 7.79. The Morgan fingerprint density at radius 2 is 2.31 bits per heavy atom. The average molecular weight is 172 g/mol. The molecule has 0 aliphatic carbocycles. The number of hydrogen-bond acceptors (Lipinski definition) is 3. The minimum Gasteiger partial charge on any atom is -0.342 e. The molecule has 0 fully saturated rings. The van der Waals surface area contributed by atoms with E-state index < -0.39 is 0 Å². The molecule has 2 aromatic rings. The van der Waals surface area contributed by atoms with Crippen LogP contribution in [0.3, 0.4) is 0 Å². The molecular formula is C10H8N2O. The molecule has 0 aliphatic heterocycles. The van der Waals surface area contributed by atoms with Crippen LogP contribution in [0.1, 0.15) is 5.56 Å². The van der Waals surface area contributed by atoms with Crippen LogP contribution < -0.4 is 0 Å². The van der Waals surface area contributed by atoms with Crippen molar-refractivity contribution in [3.63, 3.8) is 0 Å². The van der Waals surface area contributed by atoms with Crippen LogP contribution in [0, 0.1) is 0 Å². The zero-order chi connectivity index (χ0) is 9.10. The fourth-order valence-electron chi connectivity index (χ4n) is 1.10. The second-order valence-corrected chi connectivity index (χ2v) is 2.58. The Balaban J connectivity index is 2.47. The summed E-state index contributed by atoms with van der Waals surface area (Å²) in [7, 11) is 0. The van der Waals surface area contributed by atoms with Gasteiger partial charge in [0.05, 0.1) is 0 Å². The summed E-state index contributed by atoms with van der Waals surface area (Å²) in [5.41, 5.74) is 1.98. The Bertz CT molecular complexity index is 407. The van der Waals surface area contributed by atoms with E-state index in [4.69, 9.17) is 0 Å². The SMILES string of the molecule is C=Cc1cccc(-c2ncon2)c1. The van der Waals surface area contributed by atoms with Crippen LogP contribution in [0.15, 0.2) is 41.8 Å². The van der Waals surface area contributed by atoms with Crippen molar-refractivity contribution in [2.45, 2.75) is 0 Å². The Hall–Kier alpha value is -1.90. The maximum Gasteiger partial charge on any atom is 0.214 e. The molecule has 0 N–H and O–H groups in total. The van der Waals surface area contributed by atoms with Gasteiger partial charge in [-0.3, -0.25) is 0 Å². The topological polar surface area (TPSA) is 38.9 Å². The molecule has 0 atom stereocenters. The van der Waals surface area contributed by atoms with Gasteiger partial charge in [-0.2, -0.15) is 4.98 Å². The van der Waals surface area contributed by atoms with Gasteiger partial charge in [-0.25, -0.2) is 0 Å². The van der Waals surface area contributed by atoms with E-state index in [0.717, 1.165) is 11.1 Å². The third kappa shape index (κ3) is 1.49. The zero-order valence-electron chi connectivity index (χ0n) is 6.97. The highest BCUT2D eigenvalue weighted by Crippen LogP contribution is 2.16. The fraction of sp³-hybridized carbons (Fsp3) is 0. The molecule has 0 amide bonds.